The maximum absolute atomic E-state index is 12.2. The summed E-state index contributed by atoms with van der Waals surface area (Å²) in [6, 6.07) is 0. The lowest BCUT2D eigenvalue weighted by Gasteiger charge is -2.09. The number of amides is 1. The van der Waals surface area contributed by atoms with E-state index < -0.39 is 21.4 Å². The molecule has 0 rings (SSSR count). The van der Waals surface area contributed by atoms with E-state index in [2.05, 4.69) is 6.92 Å². The maximum Gasteiger partial charge on any atom is 0.516 e. The Hall–Kier alpha value is -0.790. The van der Waals surface area contributed by atoms with Gasteiger partial charge in [0.1, 0.15) is 0 Å². The van der Waals surface area contributed by atoms with Crippen molar-refractivity contribution in [2.24, 2.45) is 0 Å². The highest BCUT2D eigenvalue weighted by Crippen LogP contribution is 2.22. The summed E-state index contributed by atoms with van der Waals surface area (Å²) in [6.07, 6.45) is 31.5. The highest BCUT2D eigenvalue weighted by molar-refractivity contribution is 7.90. The topological polar surface area (TPSA) is 63.2 Å². The van der Waals surface area contributed by atoms with Crippen molar-refractivity contribution in [3.05, 3.63) is 0 Å². The Morgan fingerprint density at radius 3 is 1.00 bits per heavy atom. The molecule has 0 aromatic heterocycles. The average molecular weight is 556 g/mol. The number of unbranched alkanes of at least 4 members (excludes halogenated alkanes) is 24. The van der Waals surface area contributed by atoms with Gasteiger partial charge >= 0.3 is 15.5 Å². The van der Waals surface area contributed by atoms with E-state index in [0.717, 1.165) is 30.4 Å². The summed E-state index contributed by atoms with van der Waals surface area (Å²) in [7, 11) is -5.58. The molecular formula is C29H56F3NO3S. The molecule has 0 fully saturated rings. The zero-order valence-corrected chi connectivity index (χ0v) is 24.5. The predicted octanol–water partition coefficient (Wildman–Crippen LogP) is 10.1. The van der Waals surface area contributed by atoms with Crippen LogP contribution in [0.1, 0.15) is 174 Å². The Labute approximate surface area is 226 Å². The largest absolute Gasteiger partial charge is 0.516 e. The minimum absolute atomic E-state index is 0.200. The summed E-state index contributed by atoms with van der Waals surface area (Å²) in [5, 5.41) is 0. The van der Waals surface area contributed by atoms with Gasteiger partial charge in [0.05, 0.1) is 0 Å². The van der Waals surface area contributed by atoms with Crippen molar-refractivity contribution in [1.29, 1.82) is 0 Å². The van der Waals surface area contributed by atoms with E-state index in [1.807, 2.05) is 0 Å². The van der Waals surface area contributed by atoms with Crippen LogP contribution in [0, 0.1) is 0 Å². The molecule has 0 spiro atoms. The normalized spacial score (nSPS) is 12.2. The minimum Gasteiger partial charge on any atom is -0.274 e. The van der Waals surface area contributed by atoms with Gasteiger partial charge < -0.3 is 0 Å². The fraction of sp³-hybridized carbons (Fsp3) is 0.966. The van der Waals surface area contributed by atoms with Gasteiger partial charge in [-0.1, -0.05) is 161 Å². The number of alkyl halides is 3. The van der Waals surface area contributed by atoms with Crippen molar-refractivity contribution in [3.63, 3.8) is 0 Å². The van der Waals surface area contributed by atoms with Crippen LogP contribution in [0.3, 0.4) is 0 Å². The van der Waals surface area contributed by atoms with E-state index in [4.69, 9.17) is 0 Å². The van der Waals surface area contributed by atoms with Gasteiger partial charge in [0.15, 0.2) is 0 Å². The van der Waals surface area contributed by atoms with Crippen LogP contribution in [0.15, 0.2) is 0 Å². The quantitative estimate of drug-likeness (QED) is 0.103. The van der Waals surface area contributed by atoms with Gasteiger partial charge in [-0.3, -0.25) is 4.79 Å². The van der Waals surface area contributed by atoms with E-state index in [9.17, 15) is 26.4 Å². The van der Waals surface area contributed by atoms with Crippen molar-refractivity contribution in [1.82, 2.24) is 4.72 Å². The first-order chi connectivity index (χ1) is 17.7. The Bertz CT molecular complexity index is 624. The van der Waals surface area contributed by atoms with Gasteiger partial charge in [0.2, 0.25) is 5.91 Å². The molecule has 37 heavy (non-hydrogen) atoms. The summed E-state index contributed by atoms with van der Waals surface area (Å²) < 4.78 is 59.4. The molecule has 0 atom stereocenters. The molecule has 222 valence electrons. The molecule has 0 aliphatic rings. The number of hydrogen-bond donors (Lipinski definition) is 1. The molecule has 1 N–H and O–H groups in total. The van der Waals surface area contributed by atoms with Crippen molar-refractivity contribution >= 4 is 15.9 Å². The van der Waals surface area contributed by atoms with E-state index in [0.29, 0.717) is 6.42 Å². The van der Waals surface area contributed by atoms with Crippen molar-refractivity contribution in [3.8, 4) is 0 Å². The molecule has 1 amide bonds. The van der Waals surface area contributed by atoms with Crippen molar-refractivity contribution in [2.45, 2.75) is 179 Å². The van der Waals surface area contributed by atoms with Crippen molar-refractivity contribution in [2.75, 3.05) is 0 Å². The first-order valence-electron chi connectivity index (χ1n) is 15.3. The second-order valence-electron chi connectivity index (χ2n) is 10.7. The number of hydrogen-bond acceptors (Lipinski definition) is 3. The Balaban J connectivity index is 3.24. The van der Waals surface area contributed by atoms with Crippen LogP contribution < -0.4 is 4.72 Å². The van der Waals surface area contributed by atoms with E-state index in [-0.39, 0.29) is 6.42 Å². The maximum atomic E-state index is 12.2. The highest BCUT2D eigenvalue weighted by Gasteiger charge is 2.46. The van der Waals surface area contributed by atoms with E-state index in [1.165, 1.54) is 128 Å². The number of halogens is 3. The summed E-state index contributed by atoms with van der Waals surface area (Å²) in [5.41, 5.74) is -5.45. The Morgan fingerprint density at radius 2 is 0.757 bits per heavy atom. The first kappa shape index (κ1) is 36.2. The van der Waals surface area contributed by atoms with Crippen LogP contribution in [-0.2, 0) is 14.8 Å². The minimum atomic E-state index is -5.58. The number of sulfonamides is 1. The first-order valence-corrected chi connectivity index (χ1v) is 16.8. The van der Waals surface area contributed by atoms with Gasteiger partial charge in [-0.25, -0.2) is 4.72 Å². The molecular weight excluding hydrogens is 499 g/mol. The third kappa shape index (κ3) is 24.0. The summed E-state index contributed by atoms with van der Waals surface area (Å²) in [5.74, 6) is -1.09. The smallest absolute Gasteiger partial charge is 0.274 e. The van der Waals surface area contributed by atoms with Crippen LogP contribution in [0.25, 0.3) is 0 Å². The molecule has 0 saturated heterocycles. The SMILES string of the molecule is CCCCCCCCCCCCCCCCCCCCCCCCCCCC(=O)NS(=O)(=O)C(F)(F)F. The number of carbonyl (C=O) groups is 1. The lowest BCUT2D eigenvalue weighted by Crippen LogP contribution is -2.40. The number of rotatable bonds is 27. The highest BCUT2D eigenvalue weighted by atomic mass is 32.2. The lowest BCUT2D eigenvalue weighted by molar-refractivity contribution is -0.120. The fourth-order valence-corrected chi connectivity index (χ4v) is 5.20. The molecule has 0 aromatic carbocycles. The van der Waals surface area contributed by atoms with E-state index in [1.54, 1.807) is 0 Å². The summed E-state index contributed by atoms with van der Waals surface area (Å²) in [6.45, 7) is 2.27. The Kier molecular flexibility index (Phi) is 23.7. The predicted molar refractivity (Wildman–Crippen MR) is 149 cm³/mol. The van der Waals surface area contributed by atoms with E-state index >= 15 is 0 Å². The number of carbonyl (C=O) groups excluding carboxylic acids is 1. The number of nitrogens with one attached hydrogen (secondary N) is 1. The van der Waals surface area contributed by atoms with Gasteiger partial charge in [0.25, 0.3) is 0 Å². The molecule has 0 aromatic rings. The zero-order chi connectivity index (χ0) is 27.7. The summed E-state index contributed by atoms with van der Waals surface area (Å²) in [4.78, 5) is 11.3. The molecule has 4 nitrogen and oxygen atoms in total. The molecule has 8 heteroatoms. The second kappa shape index (κ2) is 24.3. The third-order valence-electron chi connectivity index (χ3n) is 7.06. The molecule has 0 heterocycles. The molecule has 0 saturated carbocycles. The van der Waals surface area contributed by atoms with Crippen LogP contribution in [-0.4, -0.2) is 19.8 Å². The monoisotopic (exact) mass is 555 g/mol. The van der Waals surface area contributed by atoms with Crippen LogP contribution in [0.5, 0.6) is 0 Å². The van der Waals surface area contributed by atoms with Gasteiger partial charge in [-0.05, 0) is 6.42 Å². The molecule has 0 unspecified atom stereocenters. The summed E-state index contributed by atoms with van der Waals surface area (Å²) >= 11 is 0. The van der Waals surface area contributed by atoms with Crippen LogP contribution in [0.4, 0.5) is 13.2 Å². The van der Waals surface area contributed by atoms with Crippen LogP contribution in [0.2, 0.25) is 0 Å². The second-order valence-corrected chi connectivity index (χ2v) is 12.4. The fourth-order valence-electron chi connectivity index (χ4n) is 4.68. The molecule has 0 aliphatic carbocycles. The lowest BCUT2D eigenvalue weighted by atomic mass is 10.0. The molecule has 0 radical (unpaired) electrons. The van der Waals surface area contributed by atoms with Gasteiger partial charge in [-0.15, -0.1) is 0 Å². The Morgan fingerprint density at radius 1 is 0.514 bits per heavy atom. The third-order valence-corrected chi connectivity index (χ3v) is 8.17. The zero-order valence-electron chi connectivity index (χ0n) is 23.7. The van der Waals surface area contributed by atoms with Crippen molar-refractivity contribution < 1.29 is 26.4 Å². The van der Waals surface area contributed by atoms with Gasteiger partial charge in [-0.2, -0.15) is 21.6 Å². The standard InChI is InChI=1S/C29H56F3NO3S/c1-2-3-4-5-6-7-8-9-10-11-12-13-14-15-16-17-18-19-20-21-22-23-24-25-26-27-28(34)33-37(35,36)29(30,31)32/h2-27H2,1H3,(H,33,34). The van der Waals surface area contributed by atoms with Gasteiger partial charge in [0, 0.05) is 6.42 Å². The average Bonchev–Trinajstić information content (AvgIpc) is 2.83. The molecule has 0 aliphatic heterocycles. The molecule has 0 bridgehead atoms. The van der Waals surface area contributed by atoms with Crippen LogP contribution >= 0.6 is 0 Å².